The Morgan fingerprint density at radius 2 is 1.88 bits per heavy atom. The van der Waals surface area contributed by atoms with Gasteiger partial charge >= 0.3 is 11.9 Å². The zero-order chi connectivity index (χ0) is 24.1. The molecule has 0 amide bonds. The van der Waals surface area contributed by atoms with Gasteiger partial charge in [-0.1, -0.05) is 12.1 Å². The normalized spacial score (nSPS) is 18.3. The summed E-state index contributed by atoms with van der Waals surface area (Å²) in [7, 11) is 1.53. The zero-order valence-electron chi connectivity index (χ0n) is 19.7. The molecule has 2 heterocycles. The number of aryl methyl sites for hydroxylation is 1. The van der Waals surface area contributed by atoms with Crippen molar-refractivity contribution in [3.05, 3.63) is 47.0 Å². The standard InChI is InChI=1S/C24H29N3O6/c1-13(2)32-24(29)20-15(4)25-14(3)19(23(28)31-11-10-30-6)21(20)17-8-7-9-18(12-17)22-27-26-16(5)33-22/h7-9,12-13,20-21H,10-11H2,1-6H3. The summed E-state index contributed by atoms with van der Waals surface area (Å²) < 4.78 is 21.5. The number of benzene rings is 1. The molecule has 9 heteroatoms. The van der Waals surface area contributed by atoms with E-state index in [4.69, 9.17) is 18.6 Å². The van der Waals surface area contributed by atoms with Gasteiger partial charge in [-0.2, -0.15) is 0 Å². The lowest BCUT2D eigenvalue weighted by Gasteiger charge is -2.32. The van der Waals surface area contributed by atoms with Crippen LogP contribution in [-0.2, 0) is 23.8 Å². The Morgan fingerprint density at radius 1 is 1.12 bits per heavy atom. The SMILES string of the molecule is COCCOC(=O)C1=C(C)N=C(C)C(C(=O)OC(C)C)C1c1cccc(-c2nnc(C)o2)c1. The van der Waals surface area contributed by atoms with Crippen molar-refractivity contribution in [2.45, 2.75) is 46.6 Å². The van der Waals surface area contributed by atoms with Gasteiger partial charge in [0.05, 0.1) is 18.3 Å². The van der Waals surface area contributed by atoms with Crippen LogP contribution in [0.4, 0.5) is 0 Å². The number of hydrogen-bond donors (Lipinski definition) is 0. The predicted molar refractivity (Wildman–Crippen MR) is 121 cm³/mol. The second kappa shape index (κ2) is 10.5. The molecule has 2 atom stereocenters. The first kappa shape index (κ1) is 24.3. The molecule has 9 nitrogen and oxygen atoms in total. The van der Waals surface area contributed by atoms with Gasteiger partial charge in [-0.15, -0.1) is 10.2 Å². The maximum absolute atomic E-state index is 13.2. The van der Waals surface area contributed by atoms with Gasteiger partial charge in [0.25, 0.3) is 0 Å². The average molecular weight is 456 g/mol. The number of aromatic nitrogens is 2. The molecule has 0 N–H and O–H groups in total. The number of allylic oxidation sites excluding steroid dienone is 1. The number of ether oxygens (including phenoxy) is 3. The third-order valence-electron chi connectivity index (χ3n) is 5.19. The number of carbonyl (C=O) groups is 2. The van der Waals surface area contributed by atoms with Gasteiger partial charge in [0.1, 0.15) is 12.5 Å². The van der Waals surface area contributed by atoms with E-state index < -0.39 is 23.8 Å². The average Bonchev–Trinajstić information content (AvgIpc) is 3.19. The van der Waals surface area contributed by atoms with E-state index in [0.717, 1.165) is 0 Å². The highest BCUT2D eigenvalue weighted by atomic mass is 16.6. The summed E-state index contributed by atoms with van der Waals surface area (Å²) in [4.78, 5) is 30.8. The molecule has 0 bridgehead atoms. The van der Waals surface area contributed by atoms with E-state index >= 15 is 0 Å². The van der Waals surface area contributed by atoms with Gasteiger partial charge in [0, 0.05) is 36.9 Å². The largest absolute Gasteiger partial charge is 0.462 e. The highest BCUT2D eigenvalue weighted by Crippen LogP contribution is 2.41. The molecule has 0 spiro atoms. The molecule has 1 aromatic carbocycles. The number of aliphatic imine (C=N–C) groups is 1. The first-order valence-electron chi connectivity index (χ1n) is 10.8. The van der Waals surface area contributed by atoms with Crippen LogP contribution in [-0.4, -0.2) is 54.3 Å². The number of carbonyl (C=O) groups excluding carboxylic acids is 2. The first-order chi connectivity index (χ1) is 15.7. The fraction of sp³-hybridized carbons (Fsp3) is 0.458. The van der Waals surface area contributed by atoms with E-state index in [9.17, 15) is 9.59 Å². The van der Waals surface area contributed by atoms with E-state index in [1.807, 2.05) is 24.3 Å². The van der Waals surface area contributed by atoms with Crippen LogP contribution >= 0.6 is 0 Å². The van der Waals surface area contributed by atoms with Crippen molar-refractivity contribution in [3.63, 3.8) is 0 Å². The summed E-state index contributed by atoms with van der Waals surface area (Å²) in [5.74, 6) is -1.67. The molecule has 1 aliphatic rings. The molecular weight excluding hydrogens is 426 g/mol. The zero-order valence-corrected chi connectivity index (χ0v) is 19.7. The van der Waals surface area contributed by atoms with Crippen LogP contribution in [0.3, 0.4) is 0 Å². The Hall–Kier alpha value is -3.33. The quantitative estimate of drug-likeness (QED) is 0.438. The van der Waals surface area contributed by atoms with Gasteiger partial charge < -0.3 is 18.6 Å². The summed E-state index contributed by atoms with van der Waals surface area (Å²) in [5, 5.41) is 7.97. The molecule has 1 aliphatic heterocycles. The summed E-state index contributed by atoms with van der Waals surface area (Å²) in [6, 6.07) is 7.33. The third kappa shape index (κ3) is 5.54. The second-order valence-electron chi connectivity index (χ2n) is 8.07. The molecular formula is C24H29N3O6. The molecule has 1 aromatic heterocycles. The van der Waals surface area contributed by atoms with Crippen molar-refractivity contribution in [1.29, 1.82) is 0 Å². The van der Waals surface area contributed by atoms with Crippen LogP contribution in [0.15, 0.2) is 44.9 Å². The van der Waals surface area contributed by atoms with E-state index in [2.05, 4.69) is 15.2 Å². The molecule has 0 saturated carbocycles. The van der Waals surface area contributed by atoms with Crippen LogP contribution in [0, 0.1) is 12.8 Å². The fourth-order valence-corrected chi connectivity index (χ4v) is 3.85. The molecule has 0 aliphatic carbocycles. The van der Waals surface area contributed by atoms with E-state index in [1.165, 1.54) is 7.11 Å². The minimum absolute atomic E-state index is 0.0872. The number of nitrogens with zero attached hydrogens (tertiary/aromatic N) is 3. The van der Waals surface area contributed by atoms with Crippen LogP contribution in [0.1, 0.15) is 45.1 Å². The lowest BCUT2D eigenvalue weighted by Crippen LogP contribution is -2.37. The summed E-state index contributed by atoms with van der Waals surface area (Å²) >= 11 is 0. The summed E-state index contributed by atoms with van der Waals surface area (Å²) in [6.07, 6.45) is -0.317. The van der Waals surface area contributed by atoms with Gasteiger partial charge in [-0.05, 0) is 45.4 Å². The number of methoxy groups -OCH3 is 1. The molecule has 2 aromatic rings. The lowest BCUT2D eigenvalue weighted by atomic mass is 9.75. The van der Waals surface area contributed by atoms with Crippen LogP contribution in [0.2, 0.25) is 0 Å². The Labute approximate surface area is 192 Å². The van der Waals surface area contributed by atoms with Crippen molar-refractivity contribution >= 4 is 17.7 Å². The van der Waals surface area contributed by atoms with Gasteiger partial charge in [-0.25, -0.2) is 4.79 Å². The molecule has 33 heavy (non-hydrogen) atoms. The Bertz CT molecular complexity index is 1090. The van der Waals surface area contributed by atoms with Crippen molar-refractivity contribution in [2.75, 3.05) is 20.3 Å². The van der Waals surface area contributed by atoms with E-state index in [1.54, 1.807) is 34.6 Å². The van der Waals surface area contributed by atoms with Crippen LogP contribution in [0.5, 0.6) is 0 Å². The monoisotopic (exact) mass is 455 g/mol. The van der Waals surface area contributed by atoms with E-state index in [-0.39, 0.29) is 19.3 Å². The van der Waals surface area contributed by atoms with Crippen LogP contribution < -0.4 is 0 Å². The van der Waals surface area contributed by atoms with Crippen LogP contribution in [0.25, 0.3) is 11.5 Å². The Morgan fingerprint density at radius 3 is 2.52 bits per heavy atom. The molecule has 0 saturated heterocycles. The lowest BCUT2D eigenvalue weighted by molar-refractivity contribution is -0.150. The number of rotatable bonds is 8. The second-order valence-corrected chi connectivity index (χ2v) is 8.07. The third-order valence-corrected chi connectivity index (χ3v) is 5.19. The molecule has 2 unspecified atom stereocenters. The first-order valence-corrected chi connectivity index (χ1v) is 10.8. The van der Waals surface area contributed by atoms with Gasteiger partial charge in [-0.3, -0.25) is 9.79 Å². The number of esters is 2. The highest BCUT2D eigenvalue weighted by molar-refractivity contribution is 6.07. The number of hydrogen-bond acceptors (Lipinski definition) is 9. The maximum Gasteiger partial charge on any atom is 0.336 e. The predicted octanol–water partition coefficient (Wildman–Crippen LogP) is 3.63. The fourth-order valence-electron chi connectivity index (χ4n) is 3.85. The maximum atomic E-state index is 13.2. The molecule has 0 fully saturated rings. The van der Waals surface area contributed by atoms with Crippen molar-refractivity contribution < 1.29 is 28.2 Å². The molecule has 176 valence electrons. The Kier molecular flexibility index (Phi) is 7.75. The molecule has 0 radical (unpaired) electrons. The molecule has 3 rings (SSSR count). The van der Waals surface area contributed by atoms with Crippen molar-refractivity contribution in [1.82, 2.24) is 10.2 Å². The van der Waals surface area contributed by atoms with Gasteiger partial charge in [0.2, 0.25) is 11.8 Å². The summed E-state index contributed by atoms with van der Waals surface area (Å²) in [5.41, 5.74) is 2.75. The summed E-state index contributed by atoms with van der Waals surface area (Å²) in [6.45, 7) is 9.11. The topological polar surface area (TPSA) is 113 Å². The van der Waals surface area contributed by atoms with Gasteiger partial charge in [0.15, 0.2) is 0 Å². The van der Waals surface area contributed by atoms with Crippen molar-refractivity contribution in [2.24, 2.45) is 10.9 Å². The highest BCUT2D eigenvalue weighted by Gasteiger charge is 2.42. The minimum Gasteiger partial charge on any atom is -0.462 e. The Balaban J connectivity index is 2.10. The van der Waals surface area contributed by atoms with E-state index in [0.29, 0.717) is 39.9 Å². The minimum atomic E-state index is -0.791. The van der Waals surface area contributed by atoms with Crippen molar-refractivity contribution in [3.8, 4) is 11.5 Å². The smallest absolute Gasteiger partial charge is 0.336 e.